The molecule has 2 heterocycles. The molecule has 1 aliphatic rings. The third kappa shape index (κ3) is 7.75. The summed E-state index contributed by atoms with van der Waals surface area (Å²) in [7, 11) is -2.67. The van der Waals surface area contributed by atoms with Crippen LogP contribution in [0.4, 0.5) is 15.3 Å². The van der Waals surface area contributed by atoms with Crippen LogP contribution in [0.5, 0.6) is 5.75 Å². The summed E-state index contributed by atoms with van der Waals surface area (Å²) in [6.07, 6.45) is 5.42. The summed E-state index contributed by atoms with van der Waals surface area (Å²) in [5, 5.41) is 20.1. The molecule has 0 spiro atoms. The van der Waals surface area contributed by atoms with Crippen LogP contribution in [0.2, 0.25) is 0 Å². The molecule has 0 radical (unpaired) electrons. The number of benzene rings is 3. The number of rotatable bonds is 11. The number of nitrogens with one attached hydrogen (secondary N) is 4. The first-order valence-corrected chi connectivity index (χ1v) is 17.5. The van der Waals surface area contributed by atoms with Gasteiger partial charge in [0.2, 0.25) is 0 Å². The number of ether oxygens (including phenoxy) is 2. The van der Waals surface area contributed by atoms with Crippen molar-refractivity contribution in [2.24, 2.45) is 0 Å². The van der Waals surface area contributed by atoms with E-state index in [0.29, 0.717) is 45.7 Å². The molecule has 0 atom stereocenters. The van der Waals surface area contributed by atoms with Gasteiger partial charge in [-0.25, -0.2) is 22.7 Å². The Morgan fingerprint density at radius 2 is 1.82 bits per heavy atom. The molecule has 260 valence electrons. The fourth-order valence-electron chi connectivity index (χ4n) is 5.98. The molecule has 6 rings (SSSR count). The van der Waals surface area contributed by atoms with E-state index in [2.05, 4.69) is 36.0 Å². The van der Waals surface area contributed by atoms with Crippen molar-refractivity contribution in [3.8, 4) is 5.75 Å². The molecule has 1 saturated carbocycles. The van der Waals surface area contributed by atoms with Crippen molar-refractivity contribution in [1.29, 1.82) is 0 Å². The number of anilines is 1. The highest BCUT2D eigenvalue weighted by molar-refractivity contribution is 7.90. The van der Waals surface area contributed by atoms with Crippen molar-refractivity contribution < 1.29 is 32.3 Å². The van der Waals surface area contributed by atoms with Gasteiger partial charge in [0, 0.05) is 42.2 Å². The number of aromatic amines is 1. The van der Waals surface area contributed by atoms with E-state index in [4.69, 9.17) is 9.47 Å². The van der Waals surface area contributed by atoms with Gasteiger partial charge in [0.25, 0.3) is 15.9 Å². The quantitative estimate of drug-likeness (QED) is 0.152. The van der Waals surface area contributed by atoms with E-state index >= 15 is 0 Å². The zero-order valence-electron chi connectivity index (χ0n) is 27.4. The van der Waals surface area contributed by atoms with Crippen molar-refractivity contribution in [2.45, 2.75) is 56.4 Å². The van der Waals surface area contributed by atoms with Crippen LogP contribution in [0.25, 0.3) is 10.9 Å². The van der Waals surface area contributed by atoms with Crippen molar-refractivity contribution >= 4 is 44.6 Å². The summed E-state index contributed by atoms with van der Waals surface area (Å²) in [6, 6.07) is 15.8. The minimum absolute atomic E-state index is 0.00725. The molecule has 0 aliphatic heterocycles. The molecular weight excluding hydrogens is 664 g/mol. The molecule has 0 saturated heterocycles. The predicted molar refractivity (Wildman–Crippen MR) is 183 cm³/mol. The second kappa shape index (κ2) is 14.8. The average Bonchev–Trinajstić information content (AvgIpc) is 3.87. The van der Waals surface area contributed by atoms with E-state index < -0.39 is 22.0 Å². The highest BCUT2D eigenvalue weighted by Gasteiger charge is 2.23. The van der Waals surface area contributed by atoms with E-state index in [1.165, 1.54) is 29.9 Å². The lowest BCUT2D eigenvalue weighted by Crippen LogP contribution is -2.31. The zero-order chi connectivity index (χ0) is 35.3. The Kier molecular flexibility index (Phi) is 10.1. The molecule has 3 amide bonds. The van der Waals surface area contributed by atoms with E-state index in [1.54, 1.807) is 55.6 Å². The Morgan fingerprint density at radius 3 is 2.56 bits per heavy atom. The lowest BCUT2D eigenvalue weighted by molar-refractivity contribution is 0.0980. The molecule has 3 aromatic carbocycles. The van der Waals surface area contributed by atoms with Crippen LogP contribution < -0.4 is 20.1 Å². The first kappa shape index (κ1) is 34.1. The molecular formula is C34H36N8O7S. The van der Waals surface area contributed by atoms with Gasteiger partial charge in [-0.15, -0.1) is 10.2 Å². The fraction of sp³-hybridized carbons (Fsp3) is 0.294. The molecule has 1 aliphatic carbocycles. The standard InChI is InChI=1S/C34H36N8O7S/c1-21-7-3-6-10-30(21)50(46,47)39-32(43)23-12-11-22(29(18-23)48-2)17-24-20-42(33(44)35-16-15-31-37-40-41-38-31)28-14-13-25(19-27(24)28)36-34(45)49-26-8-4-5-9-26/h3,6-7,10-14,18-20,26H,4-5,8-9,15-17H2,1-2H3,(H,35,44)(H,36,45)(H,39,43)(H,37,38,40,41). The van der Waals surface area contributed by atoms with Crippen LogP contribution >= 0.6 is 0 Å². The average molecular weight is 701 g/mol. The van der Waals surface area contributed by atoms with Crippen LogP contribution in [0.3, 0.4) is 0 Å². The second-order valence-corrected chi connectivity index (χ2v) is 13.6. The van der Waals surface area contributed by atoms with Gasteiger partial charge in [-0.05, 0) is 85.7 Å². The summed E-state index contributed by atoms with van der Waals surface area (Å²) < 4.78 is 40.7. The summed E-state index contributed by atoms with van der Waals surface area (Å²) in [6.45, 7) is 1.91. The summed E-state index contributed by atoms with van der Waals surface area (Å²) in [4.78, 5) is 39.1. The summed E-state index contributed by atoms with van der Waals surface area (Å²) in [5.41, 5.74) is 3.05. The Labute approximate surface area is 287 Å². The van der Waals surface area contributed by atoms with Gasteiger partial charge in [0.15, 0.2) is 5.82 Å². The van der Waals surface area contributed by atoms with Gasteiger partial charge in [-0.1, -0.05) is 29.5 Å². The van der Waals surface area contributed by atoms with Gasteiger partial charge >= 0.3 is 12.1 Å². The van der Waals surface area contributed by atoms with Crippen LogP contribution in [-0.4, -0.2) is 71.4 Å². The molecule has 0 bridgehead atoms. The number of H-pyrrole nitrogens is 1. The molecule has 2 aromatic heterocycles. The Bertz CT molecular complexity index is 2140. The number of sulfonamides is 1. The number of methoxy groups -OCH3 is 1. The largest absolute Gasteiger partial charge is 0.496 e. The number of aromatic nitrogens is 5. The maximum atomic E-state index is 13.4. The summed E-state index contributed by atoms with van der Waals surface area (Å²) in [5.74, 6) is -0.0150. The highest BCUT2D eigenvalue weighted by Crippen LogP contribution is 2.31. The predicted octanol–water partition coefficient (Wildman–Crippen LogP) is 4.47. The third-order valence-electron chi connectivity index (χ3n) is 8.48. The smallest absolute Gasteiger partial charge is 0.411 e. The van der Waals surface area contributed by atoms with Crippen molar-refractivity contribution in [2.75, 3.05) is 19.0 Å². The van der Waals surface area contributed by atoms with Crippen LogP contribution in [0.1, 0.15) is 58.6 Å². The van der Waals surface area contributed by atoms with Crippen LogP contribution in [-0.2, 0) is 27.6 Å². The zero-order valence-corrected chi connectivity index (χ0v) is 28.2. The lowest BCUT2D eigenvalue weighted by atomic mass is 10.0. The molecule has 1 fully saturated rings. The van der Waals surface area contributed by atoms with Crippen molar-refractivity contribution in [1.82, 2.24) is 35.2 Å². The van der Waals surface area contributed by atoms with Gasteiger partial charge < -0.3 is 14.8 Å². The number of tetrazole rings is 1. The van der Waals surface area contributed by atoms with Crippen molar-refractivity contribution in [3.63, 3.8) is 0 Å². The highest BCUT2D eigenvalue weighted by atomic mass is 32.2. The minimum atomic E-state index is -4.12. The van der Waals surface area contributed by atoms with Gasteiger partial charge in [-0.3, -0.25) is 14.7 Å². The lowest BCUT2D eigenvalue weighted by Gasteiger charge is -2.13. The van der Waals surface area contributed by atoms with Crippen molar-refractivity contribution in [3.05, 3.63) is 94.9 Å². The van der Waals surface area contributed by atoms with E-state index in [0.717, 1.165) is 31.2 Å². The number of fused-ring (bicyclic) bond motifs is 1. The van der Waals surface area contributed by atoms with Crippen LogP contribution in [0, 0.1) is 6.92 Å². The maximum absolute atomic E-state index is 13.4. The molecule has 50 heavy (non-hydrogen) atoms. The van der Waals surface area contributed by atoms with Crippen LogP contribution in [0.15, 0.2) is 71.8 Å². The number of amides is 3. The minimum Gasteiger partial charge on any atom is -0.496 e. The van der Waals surface area contributed by atoms with E-state index in [1.807, 2.05) is 0 Å². The topological polar surface area (TPSA) is 199 Å². The second-order valence-electron chi connectivity index (χ2n) is 11.9. The monoisotopic (exact) mass is 700 g/mol. The van der Waals surface area contributed by atoms with Gasteiger partial charge in [-0.2, -0.15) is 5.21 Å². The third-order valence-corrected chi connectivity index (χ3v) is 9.97. The van der Waals surface area contributed by atoms with Gasteiger partial charge in [0.1, 0.15) is 11.9 Å². The first-order chi connectivity index (χ1) is 24.1. The number of carbonyl (C=O) groups excluding carboxylic acids is 3. The molecule has 5 aromatic rings. The Hall–Kier alpha value is -5.77. The first-order valence-electron chi connectivity index (χ1n) is 16.0. The number of hydrogen-bond acceptors (Lipinski definition) is 10. The van der Waals surface area contributed by atoms with E-state index in [-0.39, 0.29) is 35.6 Å². The van der Waals surface area contributed by atoms with Gasteiger partial charge in [0.05, 0.1) is 17.5 Å². The number of carbonyl (C=O) groups is 3. The molecule has 0 unspecified atom stereocenters. The fourth-order valence-corrected chi connectivity index (χ4v) is 7.20. The molecule has 15 nitrogen and oxygen atoms in total. The normalized spacial score (nSPS) is 13.2. The van der Waals surface area contributed by atoms with E-state index in [9.17, 15) is 22.8 Å². The Balaban J connectivity index is 1.26. The molecule has 16 heteroatoms. The SMILES string of the molecule is COc1cc(C(=O)NS(=O)(=O)c2ccccc2C)ccc1Cc1cn(C(=O)NCCc2nn[nH]n2)c2ccc(NC(=O)OC3CCCC3)cc12. The maximum Gasteiger partial charge on any atom is 0.411 e. The summed E-state index contributed by atoms with van der Waals surface area (Å²) >= 11 is 0. The number of nitrogens with zero attached hydrogens (tertiary/aromatic N) is 4. The Morgan fingerprint density at radius 1 is 1.02 bits per heavy atom. The number of aryl methyl sites for hydroxylation is 1. The molecule has 4 N–H and O–H groups in total. The number of hydrogen-bond donors (Lipinski definition) is 4.